The van der Waals surface area contributed by atoms with E-state index in [4.69, 9.17) is 22.1 Å². The lowest BCUT2D eigenvalue weighted by Crippen LogP contribution is -2.30. The smallest absolute Gasteiger partial charge is 0.253 e. The Balaban J connectivity index is 1.67. The molecule has 0 aliphatic carbocycles. The van der Waals surface area contributed by atoms with Crippen LogP contribution in [0.5, 0.6) is 0 Å². The van der Waals surface area contributed by atoms with Crippen LogP contribution in [0, 0.1) is 0 Å². The summed E-state index contributed by atoms with van der Waals surface area (Å²) in [6.07, 6.45) is 0.991. The number of hydrogen-bond acceptors (Lipinski definition) is 4. The number of ether oxygens (including phenoxy) is 1. The second kappa shape index (κ2) is 8.34. The van der Waals surface area contributed by atoms with Crippen molar-refractivity contribution in [2.75, 3.05) is 17.2 Å². The van der Waals surface area contributed by atoms with Crippen molar-refractivity contribution in [3.05, 3.63) is 59.1 Å². The Morgan fingerprint density at radius 3 is 2.68 bits per heavy atom. The van der Waals surface area contributed by atoms with Gasteiger partial charge in [-0.05, 0) is 36.6 Å². The number of benzene rings is 2. The molecule has 1 aliphatic heterocycles. The minimum Gasteiger partial charge on any atom is -0.379 e. The Hall–Kier alpha value is -2.08. The van der Waals surface area contributed by atoms with Crippen molar-refractivity contribution in [2.24, 2.45) is 5.73 Å². The molecule has 2 atom stereocenters. The van der Waals surface area contributed by atoms with Gasteiger partial charge in [0.2, 0.25) is 0 Å². The zero-order chi connectivity index (χ0) is 17.6. The van der Waals surface area contributed by atoms with Gasteiger partial charge in [0.05, 0.1) is 17.5 Å². The average Bonchev–Trinajstić information content (AvgIpc) is 3.11. The number of rotatable bonds is 6. The molecule has 1 aliphatic rings. The largest absolute Gasteiger partial charge is 0.379 e. The van der Waals surface area contributed by atoms with Gasteiger partial charge in [-0.1, -0.05) is 41.9 Å². The van der Waals surface area contributed by atoms with Gasteiger partial charge in [-0.25, -0.2) is 0 Å². The van der Waals surface area contributed by atoms with E-state index in [2.05, 4.69) is 10.6 Å². The highest BCUT2D eigenvalue weighted by Crippen LogP contribution is 2.28. The molecule has 1 amide bonds. The van der Waals surface area contributed by atoms with Gasteiger partial charge in [-0.15, -0.1) is 0 Å². The maximum atomic E-state index is 12.5. The number of nitrogens with one attached hydrogen (secondary N) is 2. The summed E-state index contributed by atoms with van der Waals surface area (Å²) in [4.78, 5) is 12.5. The predicted octanol–water partition coefficient (Wildman–Crippen LogP) is 3.40. The van der Waals surface area contributed by atoms with Crippen molar-refractivity contribution in [1.29, 1.82) is 0 Å². The third kappa shape index (κ3) is 4.72. The quantitative estimate of drug-likeness (QED) is 0.738. The van der Waals surface area contributed by atoms with E-state index in [0.717, 1.165) is 17.7 Å². The van der Waals surface area contributed by atoms with Crippen LogP contribution in [0.2, 0.25) is 5.02 Å². The van der Waals surface area contributed by atoms with Gasteiger partial charge in [-0.3, -0.25) is 4.79 Å². The summed E-state index contributed by atoms with van der Waals surface area (Å²) in [5, 5.41) is 6.82. The summed E-state index contributed by atoms with van der Waals surface area (Å²) in [6, 6.07) is 15.4. The van der Waals surface area contributed by atoms with Gasteiger partial charge < -0.3 is 21.1 Å². The molecule has 0 bridgehead atoms. The van der Waals surface area contributed by atoms with E-state index in [1.165, 1.54) is 0 Å². The van der Waals surface area contributed by atoms with E-state index in [1.807, 2.05) is 36.4 Å². The molecule has 0 radical (unpaired) electrons. The Kier molecular flexibility index (Phi) is 5.91. The maximum Gasteiger partial charge on any atom is 0.253 e. The fourth-order valence-electron chi connectivity index (χ4n) is 2.85. The molecule has 5 nitrogen and oxygen atoms in total. The first-order valence-electron chi connectivity index (χ1n) is 8.39. The van der Waals surface area contributed by atoms with Crippen LogP contribution in [0.15, 0.2) is 48.5 Å². The number of carbonyl (C=O) groups excluding carboxylic acids is 1. The van der Waals surface area contributed by atoms with Crippen LogP contribution >= 0.6 is 11.6 Å². The summed E-state index contributed by atoms with van der Waals surface area (Å²) < 4.78 is 5.65. The molecular formula is C19H22ClN3O2. The van der Waals surface area contributed by atoms with Gasteiger partial charge in [0, 0.05) is 18.1 Å². The minimum atomic E-state index is -0.463. The van der Waals surface area contributed by atoms with Crippen LogP contribution in [0.3, 0.4) is 0 Å². The average molecular weight is 360 g/mol. The second-order valence-corrected chi connectivity index (χ2v) is 6.51. The zero-order valence-corrected chi connectivity index (χ0v) is 14.6. The molecule has 25 heavy (non-hydrogen) atoms. The van der Waals surface area contributed by atoms with Crippen molar-refractivity contribution in [3.8, 4) is 0 Å². The van der Waals surface area contributed by atoms with E-state index >= 15 is 0 Å². The van der Waals surface area contributed by atoms with E-state index < -0.39 is 6.10 Å². The molecule has 1 heterocycles. The van der Waals surface area contributed by atoms with E-state index in [-0.39, 0.29) is 12.0 Å². The fraction of sp³-hybridized carbons (Fsp3) is 0.316. The van der Waals surface area contributed by atoms with Gasteiger partial charge in [0.1, 0.15) is 6.10 Å². The summed E-state index contributed by atoms with van der Waals surface area (Å²) >= 11 is 6.10. The molecule has 2 aromatic carbocycles. The summed E-state index contributed by atoms with van der Waals surface area (Å²) in [5.41, 5.74) is 8.22. The van der Waals surface area contributed by atoms with Crippen molar-refractivity contribution in [3.63, 3.8) is 0 Å². The predicted molar refractivity (Wildman–Crippen MR) is 101 cm³/mol. The first-order chi connectivity index (χ1) is 12.2. The van der Waals surface area contributed by atoms with Crippen LogP contribution in [0.4, 0.5) is 11.4 Å². The second-order valence-electron chi connectivity index (χ2n) is 6.08. The van der Waals surface area contributed by atoms with E-state index in [9.17, 15) is 4.79 Å². The summed E-state index contributed by atoms with van der Waals surface area (Å²) in [7, 11) is 0. The molecular weight excluding hydrogens is 338 g/mol. The molecule has 1 saturated heterocycles. The van der Waals surface area contributed by atoms with E-state index in [0.29, 0.717) is 30.2 Å². The Labute approximate surface area is 152 Å². The first kappa shape index (κ1) is 17.7. The molecule has 0 spiro atoms. The van der Waals surface area contributed by atoms with Crippen LogP contribution < -0.4 is 16.4 Å². The van der Waals surface area contributed by atoms with Gasteiger partial charge in [-0.2, -0.15) is 0 Å². The SMILES string of the molecule is NC[C@H]1CC[C@@H](C(=O)Nc2cc(Cl)ccc2NCc2ccccc2)O1. The van der Waals surface area contributed by atoms with Crippen LogP contribution in [0.1, 0.15) is 18.4 Å². The lowest BCUT2D eigenvalue weighted by molar-refractivity contribution is -0.126. The molecule has 2 aromatic rings. The highest BCUT2D eigenvalue weighted by molar-refractivity contribution is 6.31. The Morgan fingerprint density at radius 2 is 1.96 bits per heavy atom. The van der Waals surface area contributed by atoms with Gasteiger partial charge in [0.15, 0.2) is 0 Å². The minimum absolute atomic E-state index is 0.0363. The molecule has 0 saturated carbocycles. The maximum absolute atomic E-state index is 12.5. The zero-order valence-electron chi connectivity index (χ0n) is 13.9. The van der Waals surface area contributed by atoms with Crippen LogP contribution in [-0.4, -0.2) is 24.7 Å². The molecule has 0 unspecified atom stereocenters. The Bertz CT molecular complexity index is 724. The number of hydrogen-bond donors (Lipinski definition) is 3. The molecule has 4 N–H and O–H groups in total. The van der Waals surface area contributed by atoms with Gasteiger partial charge >= 0.3 is 0 Å². The third-order valence-electron chi connectivity index (χ3n) is 4.23. The number of carbonyl (C=O) groups is 1. The highest BCUT2D eigenvalue weighted by Gasteiger charge is 2.30. The van der Waals surface area contributed by atoms with Crippen LogP contribution in [-0.2, 0) is 16.1 Å². The standard InChI is InChI=1S/C19H22ClN3O2/c20-14-6-8-16(22-12-13-4-2-1-3-5-13)17(10-14)23-19(24)18-9-7-15(11-21)25-18/h1-6,8,10,15,18,22H,7,9,11-12,21H2,(H,23,24)/t15-,18+/m1/s1. The lowest BCUT2D eigenvalue weighted by atomic mass is 10.1. The molecule has 0 aromatic heterocycles. The number of nitrogens with two attached hydrogens (primary N) is 1. The number of halogens is 1. The molecule has 3 rings (SSSR count). The Morgan fingerprint density at radius 1 is 1.16 bits per heavy atom. The molecule has 1 fully saturated rings. The number of amides is 1. The number of anilines is 2. The topological polar surface area (TPSA) is 76.4 Å². The third-order valence-corrected chi connectivity index (χ3v) is 4.46. The van der Waals surface area contributed by atoms with Crippen LogP contribution in [0.25, 0.3) is 0 Å². The summed E-state index contributed by atoms with van der Waals surface area (Å²) in [6.45, 7) is 1.09. The van der Waals surface area contributed by atoms with Gasteiger partial charge in [0.25, 0.3) is 5.91 Å². The highest BCUT2D eigenvalue weighted by atomic mass is 35.5. The lowest BCUT2D eigenvalue weighted by Gasteiger charge is -2.16. The van der Waals surface area contributed by atoms with Crippen molar-refractivity contribution < 1.29 is 9.53 Å². The summed E-state index contributed by atoms with van der Waals surface area (Å²) in [5.74, 6) is -0.166. The molecule has 132 valence electrons. The normalized spacial score (nSPS) is 19.6. The first-order valence-corrected chi connectivity index (χ1v) is 8.77. The fourth-order valence-corrected chi connectivity index (χ4v) is 3.02. The van der Waals surface area contributed by atoms with Crippen molar-refractivity contribution in [1.82, 2.24) is 0 Å². The van der Waals surface area contributed by atoms with E-state index in [1.54, 1.807) is 12.1 Å². The molecule has 6 heteroatoms. The van der Waals surface area contributed by atoms with Crippen molar-refractivity contribution >= 4 is 28.9 Å². The monoisotopic (exact) mass is 359 g/mol. The van der Waals surface area contributed by atoms with Crippen molar-refractivity contribution in [2.45, 2.75) is 31.6 Å².